The molecule has 0 saturated carbocycles. The van der Waals surface area contributed by atoms with Crippen molar-refractivity contribution in [3.63, 3.8) is 0 Å². The third kappa shape index (κ3) is 4.38. The highest BCUT2D eigenvalue weighted by molar-refractivity contribution is 5.55. The number of aryl methyl sites for hydroxylation is 1. The zero-order chi connectivity index (χ0) is 14.6. The highest BCUT2D eigenvalue weighted by atomic mass is 15.1. The van der Waals surface area contributed by atoms with Gasteiger partial charge < -0.3 is 10.2 Å². The summed E-state index contributed by atoms with van der Waals surface area (Å²) in [6.07, 6.45) is 3.77. The van der Waals surface area contributed by atoms with Gasteiger partial charge in [0.2, 0.25) is 0 Å². The molecule has 0 fully saturated rings. The van der Waals surface area contributed by atoms with Crippen molar-refractivity contribution in [1.82, 2.24) is 5.32 Å². The summed E-state index contributed by atoms with van der Waals surface area (Å²) in [4.78, 5) is 2.50. The Balaban J connectivity index is 2.00. The number of nitrogens with one attached hydrogen (secondary N) is 1. The summed E-state index contributed by atoms with van der Waals surface area (Å²) in [6, 6.07) is 8.82. The molecule has 1 aliphatic heterocycles. The van der Waals surface area contributed by atoms with Crippen LogP contribution in [0.15, 0.2) is 36.4 Å². The van der Waals surface area contributed by atoms with E-state index in [2.05, 4.69) is 61.8 Å². The van der Waals surface area contributed by atoms with E-state index >= 15 is 0 Å². The van der Waals surface area contributed by atoms with Gasteiger partial charge in [-0.25, -0.2) is 0 Å². The Morgan fingerprint density at radius 1 is 1.25 bits per heavy atom. The Morgan fingerprint density at radius 3 is 2.75 bits per heavy atom. The van der Waals surface area contributed by atoms with Gasteiger partial charge in [-0.3, -0.25) is 0 Å². The monoisotopic (exact) mass is 272 g/mol. The van der Waals surface area contributed by atoms with Crippen molar-refractivity contribution in [2.45, 2.75) is 45.6 Å². The molecular formula is C18H28N2. The SMILES string of the molecule is C=C(CNC(C)(C)C)CN1CCCCc2ccccc21. The summed E-state index contributed by atoms with van der Waals surface area (Å²) in [5, 5.41) is 3.52. The van der Waals surface area contributed by atoms with Gasteiger partial charge in [-0.15, -0.1) is 0 Å². The topological polar surface area (TPSA) is 15.3 Å². The zero-order valence-corrected chi connectivity index (χ0v) is 13.2. The molecule has 0 amide bonds. The predicted octanol–water partition coefficient (Wildman–Crippen LogP) is 3.77. The summed E-state index contributed by atoms with van der Waals surface area (Å²) in [5.74, 6) is 0. The number of benzene rings is 1. The second kappa shape index (κ2) is 6.45. The Kier molecular flexibility index (Phi) is 4.87. The Labute approximate surface area is 123 Å². The normalized spacial score (nSPS) is 15.7. The maximum atomic E-state index is 4.25. The predicted molar refractivity (Wildman–Crippen MR) is 88.5 cm³/mol. The number of para-hydroxylation sites is 1. The van der Waals surface area contributed by atoms with E-state index in [-0.39, 0.29) is 5.54 Å². The van der Waals surface area contributed by atoms with Gasteiger partial charge in [-0.05, 0) is 57.2 Å². The van der Waals surface area contributed by atoms with Crippen LogP contribution >= 0.6 is 0 Å². The fourth-order valence-electron chi connectivity index (χ4n) is 2.65. The molecule has 1 aliphatic rings. The smallest absolute Gasteiger partial charge is 0.0401 e. The lowest BCUT2D eigenvalue weighted by Gasteiger charge is -2.28. The Hall–Kier alpha value is -1.28. The van der Waals surface area contributed by atoms with Gasteiger partial charge in [0.25, 0.3) is 0 Å². The molecule has 2 nitrogen and oxygen atoms in total. The van der Waals surface area contributed by atoms with Gasteiger partial charge >= 0.3 is 0 Å². The number of anilines is 1. The summed E-state index contributed by atoms with van der Waals surface area (Å²) < 4.78 is 0. The van der Waals surface area contributed by atoms with Crippen LogP contribution in [0.4, 0.5) is 5.69 Å². The van der Waals surface area contributed by atoms with Crippen LogP contribution in [0.25, 0.3) is 0 Å². The average molecular weight is 272 g/mol. The first kappa shape index (κ1) is 15.1. The lowest BCUT2D eigenvalue weighted by atomic mass is 10.1. The van der Waals surface area contributed by atoms with Gasteiger partial charge in [0.15, 0.2) is 0 Å². The first-order valence-corrected chi connectivity index (χ1v) is 7.70. The number of fused-ring (bicyclic) bond motifs is 1. The number of nitrogens with zero attached hydrogens (tertiary/aromatic N) is 1. The van der Waals surface area contributed by atoms with Crippen molar-refractivity contribution in [3.8, 4) is 0 Å². The fourth-order valence-corrected chi connectivity index (χ4v) is 2.65. The molecule has 0 aromatic heterocycles. The van der Waals surface area contributed by atoms with E-state index in [1.807, 2.05) is 0 Å². The van der Waals surface area contributed by atoms with Crippen molar-refractivity contribution >= 4 is 5.69 Å². The van der Waals surface area contributed by atoms with Crippen molar-refractivity contribution in [2.75, 3.05) is 24.5 Å². The zero-order valence-electron chi connectivity index (χ0n) is 13.2. The van der Waals surface area contributed by atoms with Crippen molar-refractivity contribution in [1.29, 1.82) is 0 Å². The quantitative estimate of drug-likeness (QED) is 0.839. The van der Waals surface area contributed by atoms with Gasteiger partial charge in [0, 0.05) is 30.9 Å². The number of rotatable bonds is 4. The van der Waals surface area contributed by atoms with E-state index in [4.69, 9.17) is 0 Å². The minimum Gasteiger partial charge on any atom is -0.367 e. The van der Waals surface area contributed by atoms with Crippen LogP contribution < -0.4 is 10.2 Å². The molecule has 0 spiro atoms. The summed E-state index contributed by atoms with van der Waals surface area (Å²) >= 11 is 0. The molecule has 20 heavy (non-hydrogen) atoms. The molecule has 0 unspecified atom stereocenters. The molecule has 0 radical (unpaired) electrons. The molecule has 2 rings (SSSR count). The second-order valence-corrected chi connectivity index (χ2v) is 6.86. The molecule has 0 atom stereocenters. The Morgan fingerprint density at radius 2 is 2.00 bits per heavy atom. The summed E-state index contributed by atoms with van der Waals surface area (Å²) in [7, 11) is 0. The van der Waals surface area contributed by atoms with Gasteiger partial charge in [0.05, 0.1) is 0 Å². The van der Waals surface area contributed by atoms with Crippen LogP contribution in [0, 0.1) is 0 Å². The first-order chi connectivity index (χ1) is 9.46. The van der Waals surface area contributed by atoms with Crippen molar-refractivity contribution in [2.24, 2.45) is 0 Å². The third-order valence-electron chi connectivity index (χ3n) is 3.74. The van der Waals surface area contributed by atoms with E-state index in [0.29, 0.717) is 0 Å². The molecule has 1 aromatic carbocycles. The molecule has 0 bridgehead atoms. The van der Waals surface area contributed by atoms with Gasteiger partial charge in [-0.2, -0.15) is 0 Å². The Bertz CT molecular complexity index is 457. The van der Waals surface area contributed by atoms with E-state index in [1.54, 1.807) is 0 Å². The third-order valence-corrected chi connectivity index (χ3v) is 3.74. The highest BCUT2D eigenvalue weighted by Gasteiger charge is 2.16. The largest absolute Gasteiger partial charge is 0.367 e. The molecule has 1 heterocycles. The number of hydrogen-bond donors (Lipinski definition) is 1. The molecule has 0 aliphatic carbocycles. The lowest BCUT2D eigenvalue weighted by molar-refractivity contribution is 0.443. The minimum absolute atomic E-state index is 0.152. The second-order valence-electron chi connectivity index (χ2n) is 6.86. The maximum Gasteiger partial charge on any atom is 0.0401 e. The number of hydrogen-bond acceptors (Lipinski definition) is 2. The van der Waals surface area contributed by atoms with Crippen molar-refractivity contribution in [3.05, 3.63) is 42.0 Å². The molecule has 0 saturated heterocycles. The van der Waals surface area contributed by atoms with Crippen LogP contribution in [-0.2, 0) is 6.42 Å². The maximum absolute atomic E-state index is 4.25. The van der Waals surface area contributed by atoms with Crippen LogP contribution in [-0.4, -0.2) is 25.2 Å². The fraction of sp³-hybridized carbons (Fsp3) is 0.556. The van der Waals surface area contributed by atoms with E-state index in [9.17, 15) is 0 Å². The van der Waals surface area contributed by atoms with E-state index < -0.39 is 0 Å². The molecule has 2 heteroatoms. The molecular weight excluding hydrogens is 244 g/mol. The van der Waals surface area contributed by atoms with Crippen LogP contribution in [0.5, 0.6) is 0 Å². The lowest BCUT2D eigenvalue weighted by Crippen LogP contribution is -2.39. The van der Waals surface area contributed by atoms with Crippen LogP contribution in [0.1, 0.15) is 39.2 Å². The first-order valence-electron chi connectivity index (χ1n) is 7.70. The minimum atomic E-state index is 0.152. The highest BCUT2D eigenvalue weighted by Crippen LogP contribution is 2.26. The van der Waals surface area contributed by atoms with Crippen molar-refractivity contribution < 1.29 is 0 Å². The average Bonchev–Trinajstić information content (AvgIpc) is 2.59. The molecule has 110 valence electrons. The molecule has 1 aromatic rings. The molecule has 1 N–H and O–H groups in total. The van der Waals surface area contributed by atoms with Crippen LogP contribution in [0.2, 0.25) is 0 Å². The van der Waals surface area contributed by atoms with E-state index in [1.165, 1.54) is 36.1 Å². The van der Waals surface area contributed by atoms with Crippen LogP contribution in [0.3, 0.4) is 0 Å². The summed E-state index contributed by atoms with van der Waals surface area (Å²) in [6.45, 7) is 13.8. The van der Waals surface area contributed by atoms with Gasteiger partial charge in [-0.1, -0.05) is 24.8 Å². The van der Waals surface area contributed by atoms with E-state index in [0.717, 1.165) is 19.6 Å². The van der Waals surface area contributed by atoms with Gasteiger partial charge in [0.1, 0.15) is 0 Å². The standard InChI is InChI=1S/C18H28N2/c1-15(13-19-18(2,3)4)14-20-12-8-7-10-16-9-5-6-11-17(16)20/h5-6,9,11,19H,1,7-8,10,12-14H2,2-4H3. The summed E-state index contributed by atoms with van der Waals surface area (Å²) in [5.41, 5.74) is 4.31.